The van der Waals surface area contributed by atoms with E-state index in [1.165, 1.54) is 0 Å². The van der Waals surface area contributed by atoms with Gasteiger partial charge in [0.1, 0.15) is 0 Å². The average Bonchev–Trinajstić information content (AvgIpc) is 2.35. The normalized spacial score (nSPS) is 47.0. The Morgan fingerprint density at radius 3 is 2.67 bits per heavy atom. The molecule has 1 heterocycles. The van der Waals surface area contributed by atoms with E-state index in [0.29, 0.717) is 19.4 Å². The van der Waals surface area contributed by atoms with Gasteiger partial charge in [-0.1, -0.05) is 0 Å². The van der Waals surface area contributed by atoms with Gasteiger partial charge in [-0.25, -0.2) is 0 Å². The molecule has 12 heavy (non-hydrogen) atoms. The van der Waals surface area contributed by atoms with Crippen molar-refractivity contribution in [2.75, 3.05) is 6.61 Å². The number of aliphatic hydroxyl groups is 2. The van der Waals surface area contributed by atoms with Gasteiger partial charge in [0.15, 0.2) is 0 Å². The third-order valence-corrected chi connectivity index (χ3v) is 2.80. The van der Waals surface area contributed by atoms with E-state index in [9.17, 15) is 15.0 Å². The lowest BCUT2D eigenvalue weighted by Gasteiger charge is -2.29. The van der Waals surface area contributed by atoms with Gasteiger partial charge in [0.25, 0.3) is 0 Å². The Labute approximate surface area is 70.1 Å². The van der Waals surface area contributed by atoms with Crippen LogP contribution in [0, 0.1) is 11.8 Å². The molecule has 0 aromatic rings. The van der Waals surface area contributed by atoms with Crippen LogP contribution in [0.15, 0.2) is 0 Å². The topological polar surface area (TPSA) is 66.8 Å². The zero-order chi connectivity index (χ0) is 8.72. The Bertz CT molecular complexity index is 203. The number of cyclic esters (lactones) is 1. The monoisotopic (exact) mass is 172 g/mol. The second kappa shape index (κ2) is 2.71. The standard InChI is InChI=1S/C8H12O4/c9-6-1-4-3-12-8(11)5(4)2-7(6)10/h4-7,9-10H,1-3H2/t4-,5-,6+,7+/m0/s1. The molecule has 4 atom stereocenters. The summed E-state index contributed by atoms with van der Waals surface area (Å²) in [5.41, 5.74) is 0. The summed E-state index contributed by atoms with van der Waals surface area (Å²) in [5, 5.41) is 18.6. The van der Waals surface area contributed by atoms with Crippen molar-refractivity contribution in [2.24, 2.45) is 11.8 Å². The van der Waals surface area contributed by atoms with Crippen LogP contribution in [0.1, 0.15) is 12.8 Å². The molecule has 2 rings (SSSR count). The maximum atomic E-state index is 11.0. The summed E-state index contributed by atoms with van der Waals surface area (Å²) in [5.74, 6) is -0.273. The molecule has 0 aromatic carbocycles. The molecule has 0 bridgehead atoms. The molecule has 1 saturated carbocycles. The van der Waals surface area contributed by atoms with E-state index in [1.807, 2.05) is 0 Å². The third kappa shape index (κ3) is 1.11. The highest BCUT2D eigenvalue weighted by Crippen LogP contribution is 2.35. The Kier molecular flexibility index (Phi) is 1.81. The van der Waals surface area contributed by atoms with Gasteiger partial charge in [-0.2, -0.15) is 0 Å². The number of ether oxygens (including phenoxy) is 1. The number of esters is 1. The van der Waals surface area contributed by atoms with Crippen LogP contribution in [-0.4, -0.2) is 35.0 Å². The Hall–Kier alpha value is -0.610. The molecular formula is C8H12O4. The molecule has 68 valence electrons. The molecule has 0 spiro atoms. The molecule has 1 aliphatic carbocycles. The highest BCUT2D eigenvalue weighted by atomic mass is 16.5. The van der Waals surface area contributed by atoms with Crippen LogP contribution in [0.4, 0.5) is 0 Å². The van der Waals surface area contributed by atoms with E-state index in [2.05, 4.69) is 0 Å². The summed E-state index contributed by atoms with van der Waals surface area (Å²) < 4.78 is 4.84. The Morgan fingerprint density at radius 1 is 1.25 bits per heavy atom. The van der Waals surface area contributed by atoms with E-state index >= 15 is 0 Å². The number of hydrogen-bond donors (Lipinski definition) is 2. The minimum Gasteiger partial charge on any atom is -0.465 e. The van der Waals surface area contributed by atoms with Gasteiger partial charge in [0, 0.05) is 5.92 Å². The van der Waals surface area contributed by atoms with E-state index < -0.39 is 12.2 Å². The molecule has 2 aliphatic rings. The van der Waals surface area contributed by atoms with Gasteiger partial charge in [0.05, 0.1) is 24.7 Å². The first-order valence-electron chi connectivity index (χ1n) is 4.21. The van der Waals surface area contributed by atoms with Crippen molar-refractivity contribution in [3.63, 3.8) is 0 Å². The smallest absolute Gasteiger partial charge is 0.309 e. The summed E-state index contributed by atoms with van der Waals surface area (Å²) in [6.07, 6.45) is -0.597. The highest BCUT2D eigenvalue weighted by Gasteiger charge is 2.44. The van der Waals surface area contributed by atoms with Gasteiger partial charge in [0.2, 0.25) is 0 Å². The van der Waals surface area contributed by atoms with Crippen molar-refractivity contribution in [3.05, 3.63) is 0 Å². The predicted molar refractivity (Wildman–Crippen MR) is 39.2 cm³/mol. The zero-order valence-electron chi connectivity index (χ0n) is 6.64. The van der Waals surface area contributed by atoms with Crippen molar-refractivity contribution in [2.45, 2.75) is 25.0 Å². The first-order chi connectivity index (χ1) is 5.68. The van der Waals surface area contributed by atoms with Crippen molar-refractivity contribution in [1.29, 1.82) is 0 Å². The lowest BCUT2D eigenvalue weighted by atomic mass is 9.78. The van der Waals surface area contributed by atoms with Gasteiger partial charge >= 0.3 is 5.97 Å². The number of carbonyl (C=O) groups excluding carboxylic acids is 1. The molecule has 0 amide bonds. The molecule has 1 saturated heterocycles. The van der Waals surface area contributed by atoms with E-state index in [0.717, 1.165) is 0 Å². The molecule has 4 heteroatoms. The van der Waals surface area contributed by atoms with E-state index in [4.69, 9.17) is 4.74 Å². The van der Waals surface area contributed by atoms with E-state index in [-0.39, 0.29) is 17.8 Å². The summed E-state index contributed by atoms with van der Waals surface area (Å²) in [6.45, 7) is 0.410. The van der Waals surface area contributed by atoms with Gasteiger partial charge in [-0.15, -0.1) is 0 Å². The number of carbonyl (C=O) groups is 1. The van der Waals surface area contributed by atoms with Crippen LogP contribution in [0.3, 0.4) is 0 Å². The van der Waals surface area contributed by atoms with Crippen LogP contribution in [0.5, 0.6) is 0 Å². The van der Waals surface area contributed by atoms with Crippen molar-refractivity contribution in [3.8, 4) is 0 Å². The van der Waals surface area contributed by atoms with E-state index in [1.54, 1.807) is 0 Å². The first kappa shape index (κ1) is 8.01. The maximum absolute atomic E-state index is 11.0. The number of hydrogen-bond acceptors (Lipinski definition) is 4. The fraction of sp³-hybridized carbons (Fsp3) is 0.875. The van der Waals surface area contributed by atoms with Crippen molar-refractivity contribution in [1.82, 2.24) is 0 Å². The van der Waals surface area contributed by atoms with Gasteiger partial charge in [-0.05, 0) is 12.8 Å². The number of rotatable bonds is 0. The molecule has 2 fully saturated rings. The fourth-order valence-corrected chi connectivity index (χ4v) is 2.01. The second-order valence-corrected chi connectivity index (χ2v) is 3.60. The first-order valence-corrected chi connectivity index (χ1v) is 4.21. The number of fused-ring (bicyclic) bond motifs is 1. The third-order valence-electron chi connectivity index (χ3n) is 2.80. The molecule has 4 nitrogen and oxygen atoms in total. The maximum Gasteiger partial charge on any atom is 0.309 e. The minimum absolute atomic E-state index is 0.121. The lowest BCUT2D eigenvalue weighted by molar-refractivity contribution is -0.143. The molecule has 0 aromatic heterocycles. The van der Waals surface area contributed by atoms with Gasteiger partial charge in [-0.3, -0.25) is 4.79 Å². The summed E-state index contributed by atoms with van der Waals surface area (Å²) in [7, 11) is 0. The second-order valence-electron chi connectivity index (χ2n) is 3.60. The molecule has 1 aliphatic heterocycles. The molecule has 2 N–H and O–H groups in total. The summed E-state index contributed by atoms with van der Waals surface area (Å²) in [4.78, 5) is 11.0. The fourth-order valence-electron chi connectivity index (χ4n) is 2.01. The summed E-state index contributed by atoms with van der Waals surface area (Å²) >= 11 is 0. The molecular weight excluding hydrogens is 160 g/mol. The average molecular weight is 172 g/mol. The Balaban J connectivity index is 2.09. The van der Waals surface area contributed by atoms with Crippen LogP contribution >= 0.6 is 0 Å². The van der Waals surface area contributed by atoms with Crippen LogP contribution < -0.4 is 0 Å². The molecule has 0 radical (unpaired) electrons. The van der Waals surface area contributed by atoms with Gasteiger partial charge < -0.3 is 14.9 Å². The quantitative estimate of drug-likeness (QED) is 0.474. The number of aliphatic hydroxyl groups excluding tert-OH is 2. The van der Waals surface area contributed by atoms with Crippen LogP contribution in [0.25, 0.3) is 0 Å². The Morgan fingerprint density at radius 2 is 1.92 bits per heavy atom. The summed E-state index contributed by atoms with van der Waals surface area (Å²) in [6, 6.07) is 0. The van der Waals surface area contributed by atoms with Crippen molar-refractivity contribution >= 4 is 5.97 Å². The van der Waals surface area contributed by atoms with Crippen LogP contribution in [-0.2, 0) is 9.53 Å². The SMILES string of the molecule is O=C1OC[C@@H]2C[C@@H](O)[C@H](O)C[C@H]12. The molecule has 0 unspecified atom stereocenters. The lowest BCUT2D eigenvalue weighted by Crippen LogP contribution is -2.39. The van der Waals surface area contributed by atoms with Crippen molar-refractivity contribution < 1.29 is 19.7 Å². The minimum atomic E-state index is -0.753. The predicted octanol–water partition coefficient (Wildman–Crippen LogP) is -0.709. The van der Waals surface area contributed by atoms with Crippen LogP contribution in [0.2, 0.25) is 0 Å². The highest BCUT2D eigenvalue weighted by molar-refractivity contribution is 5.75. The largest absolute Gasteiger partial charge is 0.465 e. The zero-order valence-corrected chi connectivity index (χ0v) is 6.64.